The zero-order valence-electron chi connectivity index (χ0n) is 17.8. The Kier molecular flexibility index (Phi) is 9.68. The minimum absolute atomic E-state index is 0. The molecule has 0 bridgehead atoms. The average Bonchev–Trinajstić information content (AvgIpc) is 3.26. The van der Waals surface area contributed by atoms with Crippen LogP contribution >= 0.6 is 24.0 Å². The number of ether oxygens (including phenoxy) is 1. The fraction of sp³-hybridized carbons (Fsp3) is 0.636. The summed E-state index contributed by atoms with van der Waals surface area (Å²) in [5.41, 5.74) is 1.35. The molecule has 162 valence electrons. The molecule has 1 N–H and O–H groups in total. The van der Waals surface area contributed by atoms with E-state index in [4.69, 9.17) is 4.74 Å². The highest BCUT2D eigenvalue weighted by Crippen LogP contribution is 2.23. The number of halogens is 1. The Hall–Kier alpha value is -1.35. The summed E-state index contributed by atoms with van der Waals surface area (Å²) in [6.45, 7) is 9.15. The van der Waals surface area contributed by atoms with Crippen LogP contribution in [0, 0.1) is 5.92 Å². The van der Waals surface area contributed by atoms with Crippen molar-refractivity contribution in [3.63, 3.8) is 0 Å². The van der Waals surface area contributed by atoms with Gasteiger partial charge < -0.3 is 19.9 Å². The third-order valence-corrected chi connectivity index (χ3v) is 5.82. The molecular formula is C22H35IN4O2. The number of amides is 1. The number of hydrogen-bond acceptors (Lipinski definition) is 3. The number of benzene rings is 1. The molecule has 0 aromatic heterocycles. The van der Waals surface area contributed by atoms with E-state index in [1.807, 2.05) is 11.9 Å². The predicted octanol–water partition coefficient (Wildman–Crippen LogP) is 2.94. The predicted molar refractivity (Wildman–Crippen MR) is 128 cm³/mol. The molecule has 2 atom stereocenters. The summed E-state index contributed by atoms with van der Waals surface area (Å²) in [5.74, 6) is 2.05. The molecule has 2 fully saturated rings. The molecule has 2 heterocycles. The third kappa shape index (κ3) is 6.31. The number of nitrogens with one attached hydrogen (secondary N) is 1. The Balaban J connectivity index is 0.00000300. The van der Waals surface area contributed by atoms with Crippen LogP contribution < -0.4 is 5.32 Å². The highest BCUT2D eigenvalue weighted by atomic mass is 127. The summed E-state index contributed by atoms with van der Waals surface area (Å²) in [7, 11) is 1.83. The van der Waals surface area contributed by atoms with Gasteiger partial charge in [-0.25, -0.2) is 0 Å². The molecule has 2 saturated heterocycles. The van der Waals surface area contributed by atoms with Crippen molar-refractivity contribution in [1.82, 2.24) is 15.1 Å². The number of guanidine groups is 1. The maximum atomic E-state index is 12.5. The summed E-state index contributed by atoms with van der Waals surface area (Å²) in [6, 6.07) is 10.7. The van der Waals surface area contributed by atoms with E-state index in [1.54, 1.807) is 0 Å². The molecule has 0 radical (unpaired) electrons. The lowest BCUT2D eigenvalue weighted by Crippen LogP contribution is -2.55. The van der Waals surface area contributed by atoms with E-state index >= 15 is 0 Å². The van der Waals surface area contributed by atoms with E-state index in [0.29, 0.717) is 18.4 Å². The van der Waals surface area contributed by atoms with E-state index in [9.17, 15) is 4.79 Å². The van der Waals surface area contributed by atoms with Crippen LogP contribution in [0.5, 0.6) is 0 Å². The summed E-state index contributed by atoms with van der Waals surface area (Å²) in [6.07, 6.45) is 1.63. The van der Waals surface area contributed by atoms with E-state index in [1.165, 1.54) is 5.56 Å². The fourth-order valence-electron chi connectivity index (χ4n) is 4.09. The van der Waals surface area contributed by atoms with Crippen LogP contribution in [0.2, 0.25) is 0 Å². The molecule has 2 aliphatic heterocycles. The monoisotopic (exact) mass is 514 g/mol. The van der Waals surface area contributed by atoms with Gasteiger partial charge >= 0.3 is 0 Å². The Labute approximate surface area is 192 Å². The second-order valence-corrected chi connectivity index (χ2v) is 8.00. The first-order valence-corrected chi connectivity index (χ1v) is 10.5. The van der Waals surface area contributed by atoms with Crippen LogP contribution in [0.3, 0.4) is 0 Å². The van der Waals surface area contributed by atoms with E-state index in [2.05, 4.69) is 59.4 Å². The van der Waals surface area contributed by atoms with Crippen molar-refractivity contribution in [2.45, 2.75) is 38.7 Å². The molecule has 1 aromatic carbocycles. The highest BCUT2D eigenvalue weighted by Gasteiger charge is 2.31. The lowest BCUT2D eigenvalue weighted by molar-refractivity contribution is -0.142. The summed E-state index contributed by atoms with van der Waals surface area (Å²) >= 11 is 0. The Morgan fingerprint density at radius 2 is 1.83 bits per heavy atom. The molecule has 0 saturated carbocycles. The van der Waals surface area contributed by atoms with E-state index < -0.39 is 0 Å². The van der Waals surface area contributed by atoms with Crippen molar-refractivity contribution in [3.05, 3.63) is 35.9 Å². The standard InChI is InChI=1S/C22H34N4O2.HI/c1-17(2)19(18-8-5-4-6-9-18)16-24-22(23-3)26-13-11-25(12-14-26)21(27)20-10-7-15-28-20;/h4-6,8-9,17,19-20H,7,10-16H2,1-3H3,(H,23,24);1H. The van der Waals surface area contributed by atoms with Crippen molar-refractivity contribution < 1.29 is 9.53 Å². The number of rotatable bonds is 5. The van der Waals surface area contributed by atoms with Crippen LogP contribution in [-0.4, -0.2) is 74.1 Å². The maximum Gasteiger partial charge on any atom is 0.251 e. The lowest BCUT2D eigenvalue weighted by atomic mass is 9.88. The van der Waals surface area contributed by atoms with Crippen LogP contribution in [0.1, 0.15) is 38.2 Å². The smallest absolute Gasteiger partial charge is 0.251 e. The van der Waals surface area contributed by atoms with Crippen molar-refractivity contribution in [2.75, 3.05) is 46.4 Å². The van der Waals surface area contributed by atoms with Crippen LogP contribution in [0.25, 0.3) is 0 Å². The van der Waals surface area contributed by atoms with Crippen molar-refractivity contribution in [1.29, 1.82) is 0 Å². The van der Waals surface area contributed by atoms with Gasteiger partial charge in [-0.2, -0.15) is 0 Å². The van der Waals surface area contributed by atoms with Crippen molar-refractivity contribution >= 4 is 35.8 Å². The third-order valence-electron chi connectivity index (χ3n) is 5.82. The lowest BCUT2D eigenvalue weighted by Gasteiger charge is -2.37. The maximum absolute atomic E-state index is 12.5. The van der Waals surface area contributed by atoms with Crippen LogP contribution in [-0.2, 0) is 9.53 Å². The molecule has 0 aliphatic carbocycles. The minimum atomic E-state index is -0.221. The quantitative estimate of drug-likeness (QED) is 0.373. The largest absolute Gasteiger partial charge is 0.368 e. The number of carbonyl (C=O) groups is 1. The second-order valence-electron chi connectivity index (χ2n) is 8.00. The zero-order valence-corrected chi connectivity index (χ0v) is 20.2. The molecule has 6 nitrogen and oxygen atoms in total. The molecular weight excluding hydrogens is 479 g/mol. The normalized spacial score (nSPS) is 21.1. The molecule has 2 aliphatic rings. The first kappa shape index (κ1) is 23.9. The number of hydrogen-bond donors (Lipinski definition) is 1. The minimum Gasteiger partial charge on any atom is -0.368 e. The van der Waals surface area contributed by atoms with Gasteiger partial charge in [-0.3, -0.25) is 9.79 Å². The van der Waals surface area contributed by atoms with E-state index in [0.717, 1.165) is 51.5 Å². The van der Waals surface area contributed by atoms with Crippen LogP contribution in [0.4, 0.5) is 0 Å². The Morgan fingerprint density at radius 3 is 2.38 bits per heavy atom. The SMILES string of the molecule is CN=C(NCC(c1ccccc1)C(C)C)N1CCN(C(=O)C2CCCO2)CC1.I. The molecule has 1 amide bonds. The number of carbonyl (C=O) groups excluding carboxylic acids is 1. The molecule has 7 heteroatoms. The summed E-state index contributed by atoms with van der Waals surface area (Å²) in [4.78, 5) is 21.2. The van der Waals surface area contributed by atoms with Gasteiger partial charge in [-0.05, 0) is 24.3 Å². The fourth-order valence-corrected chi connectivity index (χ4v) is 4.09. The first-order chi connectivity index (χ1) is 13.6. The van der Waals surface area contributed by atoms with Crippen molar-refractivity contribution in [2.24, 2.45) is 10.9 Å². The van der Waals surface area contributed by atoms with Crippen LogP contribution in [0.15, 0.2) is 35.3 Å². The van der Waals surface area contributed by atoms with E-state index in [-0.39, 0.29) is 36.0 Å². The molecule has 3 rings (SSSR count). The van der Waals surface area contributed by atoms with Gasteiger partial charge in [0.15, 0.2) is 5.96 Å². The van der Waals surface area contributed by atoms with Gasteiger partial charge in [0.25, 0.3) is 5.91 Å². The van der Waals surface area contributed by atoms with Gasteiger partial charge in [0.05, 0.1) is 0 Å². The van der Waals surface area contributed by atoms with Gasteiger partial charge in [0.2, 0.25) is 0 Å². The Bertz CT molecular complexity index is 654. The molecule has 0 spiro atoms. The van der Waals surface area contributed by atoms with Gasteiger partial charge in [0.1, 0.15) is 6.10 Å². The first-order valence-electron chi connectivity index (χ1n) is 10.5. The van der Waals surface area contributed by atoms with Crippen molar-refractivity contribution in [3.8, 4) is 0 Å². The highest BCUT2D eigenvalue weighted by molar-refractivity contribution is 14.0. The summed E-state index contributed by atoms with van der Waals surface area (Å²) in [5, 5.41) is 3.57. The number of aliphatic imine (C=N–C) groups is 1. The number of piperazine rings is 1. The van der Waals surface area contributed by atoms with Gasteiger partial charge in [0, 0.05) is 52.3 Å². The summed E-state index contributed by atoms with van der Waals surface area (Å²) < 4.78 is 5.55. The number of nitrogens with zero attached hydrogens (tertiary/aromatic N) is 3. The van der Waals surface area contributed by atoms with Gasteiger partial charge in [-0.1, -0.05) is 44.2 Å². The zero-order chi connectivity index (χ0) is 19.9. The second kappa shape index (κ2) is 11.7. The Morgan fingerprint density at radius 1 is 1.17 bits per heavy atom. The molecule has 29 heavy (non-hydrogen) atoms. The topological polar surface area (TPSA) is 57.2 Å². The average molecular weight is 514 g/mol. The molecule has 2 unspecified atom stereocenters. The van der Waals surface area contributed by atoms with Gasteiger partial charge in [-0.15, -0.1) is 24.0 Å². The molecule has 1 aromatic rings.